The van der Waals surface area contributed by atoms with Crippen LogP contribution in [0.1, 0.15) is 58.3 Å². The van der Waals surface area contributed by atoms with Crippen LogP contribution in [0.2, 0.25) is 0 Å². The van der Waals surface area contributed by atoms with Crippen LogP contribution in [0.15, 0.2) is 0 Å². The highest BCUT2D eigenvalue weighted by Gasteiger charge is 2.43. The van der Waals surface area contributed by atoms with Gasteiger partial charge in [0.2, 0.25) is 0 Å². The first kappa shape index (κ1) is 19.8. The lowest BCUT2D eigenvalue weighted by Crippen LogP contribution is -2.59. The summed E-state index contributed by atoms with van der Waals surface area (Å²) in [5.74, 6) is 0. The summed E-state index contributed by atoms with van der Waals surface area (Å²) in [7, 11) is 0. The predicted molar refractivity (Wildman–Crippen MR) is 82.3 cm³/mol. The van der Waals surface area contributed by atoms with Crippen LogP contribution in [0.5, 0.6) is 0 Å². The van der Waals surface area contributed by atoms with Crippen molar-refractivity contribution >= 4 is 0 Å². The first-order valence-corrected chi connectivity index (χ1v) is 8.54. The molecule has 0 aromatic carbocycles. The maximum absolute atomic E-state index is 9.80. The highest BCUT2D eigenvalue weighted by atomic mass is 16.7. The van der Waals surface area contributed by atoms with Gasteiger partial charge in [-0.3, -0.25) is 0 Å². The monoisotopic (exact) mass is 320 g/mol. The van der Waals surface area contributed by atoms with Crippen LogP contribution in [0.4, 0.5) is 0 Å². The Morgan fingerprint density at radius 3 is 2.00 bits per heavy atom. The standard InChI is InChI=1S/C16H32O6/c1-2-3-4-5-6-7-8-9-10-21-16-15(20)14(19)13(18)12(11-17)22-16/h12-20H,2-11H2,1H3/t12-,13+,14+,15-,16-/m0/s1. The summed E-state index contributed by atoms with van der Waals surface area (Å²) in [5, 5.41) is 38.2. The van der Waals surface area contributed by atoms with E-state index in [1.54, 1.807) is 0 Å². The number of rotatable bonds is 11. The van der Waals surface area contributed by atoms with E-state index in [1.165, 1.54) is 38.5 Å². The molecule has 1 heterocycles. The topological polar surface area (TPSA) is 99.4 Å². The summed E-state index contributed by atoms with van der Waals surface area (Å²) in [4.78, 5) is 0. The molecule has 0 radical (unpaired) electrons. The molecule has 1 rings (SSSR count). The normalized spacial score (nSPS) is 32.3. The molecule has 1 saturated heterocycles. The van der Waals surface area contributed by atoms with Gasteiger partial charge >= 0.3 is 0 Å². The van der Waals surface area contributed by atoms with E-state index in [9.17, 15) is 15.3 Å². The average Bonchev–Trinajstić information content (AvgIpc) is 2.53. The lowest BCUT2D eigenvalue weighted by atomic mass is 9.99. The third kappa shape index (κ3) is 6.48. The van der Waals surface area contributed by atoms with Crippen molar-refractivity contribution in [1.29, 1.82) is 0 Å². The van der Waals surface area contributed by atoms with Crippen molar-refractivity contribution in [1.82, 2.24) is 0 Å². The first-order chi connectivity index (χ1) is 10.6. The maximum Gasteiger partial charge on any atom is 0.186 e. The van der Waals surface area contributed by atoms with Crippen molar-refractivity contribution < 1.29 is 29.9 Å². The zero-order valence-corrected chi connectivity index (χ0v) is 13.6. The van der Waals surface area contributed by atoms with Gasteiger partial charge < -0.3 is 29.9 Å². The largest absolute Gasteiger partial charge is 0.394 e. The van der Waals surface area contributed by atoms with Gasteiger partial charge in [0.25, 0.3) is 0 Å². The van der Waals surface area contributed by atoms with Crippen LogP contribution in [0, 0.1) is 0 Å². The summed E-state index contributed by atoms with van der Waals surface area (Å²) >= 11 is 0. The minimum absolute atomic E-state index is 0.428. The average molecular weight is 320 g/mol. The summed E-state index contributed by atoms with van der Waals surface area (Å²) in [5.41, 5.74) is 0. The van der Waals surface area contributed by atoms with Crippen molar-refractivity contribution in [2.24, 2.45) is 0 Å². The summed E-state index contributed by atoms with van der Waals surface area (Å²) in [6.45, 7) is 2.20. The van der Waals surface area contributed by atoms with Crippen molar-refractivity contribution in [3.05, 3.63) is 0 Å². The molecular weight excluding hydrogens is 288 g/mol. The molecule has 0 aromatic rings. The van der Waals surface area contributed by atoms with Crippen LogP contribution in [-0.2, 0) is 9.47 Å². The number of hydrogen-bond donors (Lipinski definition) is 4. The lowest BCUT2D eigenvalue weighted by molar-refractivity contribution is -0.301. The first-order valence-electron chi connectivity index (χ1n) is 8.54. The van der Waals surface area contributed by atoms with Crippen LogP contribution < -0.4 is 0 Å². The zero-order chi connectivity index (χ0) is 16.4. The highest BCUT2D eigenvalue weighted by molar-refractivity contribution is 4.88. The van der Waals surface area contributed by atoms with Gasteiger partial charge in [-0.2, -0.15) is 0 Å². The van der Waals surface area contributed by atoms with Crippen molar-refractivity contribution in [2.75, 3.05) is 13.2 Å². The summed E-state index contributed by atoms with van der Waals surface area (Å²) in [6, 6.07) is 0. The van der Waals surface area contributed by atoms with Gasteiger partial charge in [0, 0.05) is 6.61 Å². The molecule has 0 aliphatic carbocycles. The van der Waals surface area contributed by atoms with Gasteiger partial charge in [-0.05, 0) is 6.42 Å². The van der Waals surface area contributed by atoms with Gasteiger partial charge in [0.05, 0.1) is 6.61 Å². The fourth-order valence-electron chi connectivity index (χ4n) is 2.64. The van der Waals surface area contributed by atoms with E-state index in [4.69, 9.17) is 14.6 Å². The van der Waals surface area contributed by atoms with Gasteiger partial charge in [0.1, 0.15) is 24.4 Å². The van der Waals surface area contributed by atoms with E-state index in [0.29, 0.717) is 6.61 Å². The summed E-state index contributed by atoms with van der Waals surface area (Å²) < 4.78 is 10.7. The Hall–Kier alpha value is -0.240. The Bertz CT molecular complexity index is 273. The molecule has 0 aromatic heterocycles. The fraction of sp³-hybridized carbons (Fsp3) is 1.00. The molecule has 0 spiro atoms. The number of aliphatic hydroxyl groups is 4. The van der Waals surface area contributed by atoms with Crippen LogP contribution in [0.25, 0.3) is 0 Å². The van der Waals surface area contributed by atoms with Crippen LogP contribution in [0.3, 0.4) is 0 Å². The van der Waals surface area contributed by atoms with Gasteiger partial charge in [0.15, 0.2) is 6.29 Å². The molecule has 22 heavy (non-hydrogen) atoms. The third-order valence-corrected chi connectivity index (χ3v) is 4.13. The second kappa shape index (κ2) is 11.3. The maximum atomic E-state index is 9.80. The van der Waals surface area contributed by atoms with E-state index in [1.807, 2.05) is 0 Å². The molecule has 132 valence electrons. The molecule has 0 amide bonds. The van der Waals surface area contributed by atoms with Crippen molar-refractivity contribution in [2.45, 2.75) is 89.0 Å². The molecule has 4 N–H and O–H groups in total. The van der Waals surface area contributed by atoms with Gasteiger partial charge in [-0.15, -0.1) is 0 Å². The molecule has 6 heteroatoms. The molecule has 0 saturated carbocycles. The quantitative estimate of drug-likeness (QED) is 0.423. The predicted octanol–water partition coefficient (Wildman–Crippen LogP) is 0.944. The second-order valence-corrected chi connectivity index (χ2v) is 6.04. The Kier molecular flexibility index (Phi) is 10.2. The molecule has 1 aliphatic rings. The number of ether oxygens (including phenoxy) is 2. The minimum Gasteiger partial charge on any atom is -0.394 e. The number of aliphatic hydroxyl groups excluding tert-OH is 4. The fourth-order valence-corrected chi connectivity index (χ4v) is 2.64. The molecule has 1 fully saturated rings. The Labute approximate surface area is 133 Å². The van der Waals surface area contributed by atoms with Gasteiger partial charge in [-0.25, -0.2) is 0 Å². The molecule has 5 atom stereocenters. The highest BCUT2D eigenvalue weighted by Crippen LogP contribution is 2.22. The SMILES string of the molecule is CCCCCCCCCCO[C@H]1O[C@@H](CO)[C@@H](O)[C@@H](O)[C@@H]1O. The smallest absolute Gasteiger partial charge is 0.186 e. The molecular formula is C16H32O6. The van der Waals surface area contributed by atoms with E-state index < -0.39 is 37.3 Å². The molecule has 0 bridgehead atoms. The third-order valence-electron chi connectivity index (χ3n) is 4.13. The summed E-state index contributed by atoms with van der Waals surface area (Å²) in [6.07, 6.45) is 3.58. The van der Waals surface area contributed by atoms with Crippen molar-refractivity contribution in [3.8, 4) is 0 Å². The Morgan fingerprint density at radius 1 is 0.818 bits per heavy atom. The molecule has 6 nitrogen and oxygen atoms in total. The van der Waals surface area contributed by atoms with Gasteiger partial charge in [-0.1, -0.05) is 51.9 Å². The lowest BCUT2D eigenvalue weighted by Gasteiger charge is -2.39. The zero-order valence-electron chi connectivity index (χ0n) is 13.6. The molecule has 0 unspecified atom stereocenters. The van der Waals surface area contributed by atoms with E-state index in [2.05, 4.69) is 6.92 Å². The number of unbranched alkanes of at least 4 members (excludes halogenated alkanes) is 7. The minimum atomic E-state index is -1.37. The number of hydrogen-bond acceptors (Lipinski definition) is 6. The van der Waals surface area contributed by atoms with Crippen molar-refractivity contribution in [3.63, 3.8) is 0 Å². The van der Waals surface area contributed by atoms with E-state index in [-0.39, 0.29) is 0 Å². The van der Waals surface area contributed by atoms with E-state index in [0.717, 1.165) is 12.8 Å². The van der Waals surface area contributed by atoms with Crippen LogP contribution in [-0.4, -0.2) is 64.3 Å². The molecule has 1 aliphatic heterocycles. The van der Waals surface area contributed by atoms with Crippen LogP contribution >= 0.6 is 0 Å². The Balaban J connectivity index is 2.11. The van der Waals surface area contributed by atoms with E-state index >= 15 is 0 Å². The second-order valence-electron chi connectivity index (χ2n) is 6.04. The Morgan fingerprint density at radius 2 is 1.41 bits per heavy atom.